The van der Waals surface area contributed by atoms with Gasteiger partial charge < -0.3 is 0 Å². The Kier molecular flexibility index (Phi) is 1.91. The number of amides is 1. The van der Waals surface area contributed by atoms with Gasteiger partial charge in [0.05, 0.1) is 5.56 Å². The first kappa shape index (κ1) is 7.08. The molecule has 0 aliphatic carbocycles. The quantitative estimate of drug-likeness (QED) is 0.582. The summed E-state index contributed by atoms with van der Waals surface area (Å²) in [5.41, 5.74) is 0.417. The van der Waals surface area contributed by atoms with Crippen LogP contribution in [0.2, 0.25) is 0 Å². The molecule has 52 valence electrons. The Morgan fingerprint density at radius 3 is 2.80 bits per heavy atom. The predicted molar refractivity (Wildman–Crippen MR) is 39.2 cm³/mol. The van der Waals surface area contributed by atoms with Gasteiger partial charge in [-0.25, -0.2) is 0 Å². The molecule has 3 nitrogen and oxygen atoms in total. The van der Waals surface area contributed by atoms with Crippen LogP contribution in [0.3, 0.4) is 0 Å². The van der Waals surface area contributed by atoms with Crippen molar-refractivity contribution >= 4 is 17.2 Å². The molecule has 0 spiro atoms. The van der Waals surface area contributed by atoms with Gasteiger partial charge >= 0.3 is 5.91 Å². The van der Waals surface area contributed by atoms with E-state index in [1.165, 1.54) is 11.3 Å². The predicted octanol–water partition coefficient (Wildman–Crippen LogP) is 1.96. The average molecular weight is 155 g/mol. The van der Waals surface area contributed by atoms with E-state index >= 15 is 0 Å². The number of hydrogen-bond acceptors (Lipinski definition) is 3. The lowest BCUT2D eigenvalue weighted by molar-refractivity contribution is 0.100. The van der Waals surface area contributed by atoms with Crippen LogP contribution >= 0.6 is 11.3 Å². The van der Waals surface area contributed by atoms with E-state index in [1.54, 1.807) is 18.4 Å². The van der Waals surface area contributed by atoms with Crippen LogP contribution in [0.15, 0.2) is 16.6 Å². The lowest BCUT2D eigenvalue weighted by Crippen LogP contribution is -1.91. The highest BCUT2D eigenvalue weighted by molar-refractivity contribution is 7.10. The largest absolute Gasteiger partial charge is 0.317 e. The van der Waals surface area contributed by atoms with Crippen LogP contribution in [-0.4, -0.2) is 5.91 Å². The molecular weight excluding hydrogens is 150 g/mol. The lowest BCUT2D eigenvalue weighted by Gasteiger charge is -1.85. The SMILES string of the molecule is Cc1sccc1C(=O)N=O. The van der Waals surface area contributed by atoms with E-state index < -0.39 is 5.91 Å². The Bertz CT molecular complexity index is 266. The molecule has 0 fully saturated rings. The molecule has 0 radical (unpaired) electrons. The first-order chi connectivity index (χ1) is 4.75. The van der Waals surface area contributed by atoms with Crippen molar-refractivity contribution in [3.05, 3.63) is 26.8 Å². The summed E-state index contributed by atoms with van der Waals surface area (Å²) < 4.78 is 0. The molecule has 0 aliphatic heterocycles. The number of thiophene rings is 1. The molecular formula is C6H5NO2S. The molecule has 4 heteroatoms. The summed E-state index contributed by atoms with van der Waals surface area (Å²) in [5, 5.41) is 4.07. The van der Waals surface area contributed by atoms with Gasteiger partial charge in [0.1, 0.15) is 0 Å². The van der Waals surface area contributed by atoms with E-state index in [-0.39, 0.29) is 0 Å². The highest BCUT2D eigenvalue weighted by Crippen LogP contribution is 2.15. The van der Waals surface area contributed by atoms with Crippen LogP contribution in [0.5, 0.6) is 0 Å². The van der Waals surface area contributed by atoms with E-state index in [4.69, 9.17) is 0 Å². The molecule has 1 heterocycles. The highest BCUT2D eigenvalue weighted by atomic mass is 32.1. The van der Waals surface area contributed by atoms with Crippen molar-refractivity contribution in [2.75, 3.05) is 0 Å². The number of nitrogens with zero attached hydrogens (tertiary/aromatic N) is 1. The topological polar surface area (TPSA) is 46.5 Å². The van der Waals surface area contributed by atoms with Crippen molar-refractivity contribution < 1.29 is 4.79 Å². The molecule has 1 rings (SSSR count). The normalized spacial score (nSPS) is 9.30. The monoisotopic (exact) mass is 155 g/mol. The van der Waals surface area contributed by atoms with E-state index in [1.807, 2.05) is 0 Å². The third-order valence-electron chi connectivity index (χ3n) is 1.17. The Morgan fingerprint density at radius 2 is 2.40 bits per heavy atom. The first-order valence-electron chi connectivity index (χ1n) is 2.67. The van der Waals surface area contributed by atoms with Gasteiger partial charge in [-0.2, -0.15) is 0 Å². The van der Waals surface area contributed by atoms with Crippen LogP contribution in [0, 0.1) is 11.8 Å². The van der Waals surface area contributed by atoms with E-state index in [9.17, 15) is 9.70 Å². The van der Waals surface area contributed by atoms with Crippen LogP contribution in [0.4, 0.5) is 0 Å². The zero-order chi connectivity index (χ0) is 7.56. The second-order valence-corrected chi connectivity index (χ2v) is 2.91. The summed E-state index contributed by atoms with van der Waals surface area (Å²) in [6, 6.07) is 1.60. The highest BCUT2D eigenvalue weighted by Gasteiger charge is 2.08. The van der Waals surface area contributed by atoms with Crippen molar-refractivity contribution in [1.82, 2.24) is 0 Å². The summed E-state index contributed by atoms with van der Waals surface area (Å²) in [6.45, 7) is 1.78. The average Bonchev–Trinajstić information content (AvgIpc) is 2.34. The number of carbonyl (C=O) groups is 1. The summed E-state index contributed by atoms with van der Waals surface area (Å²) in [7, 11) is 0. The summed E-state index contributed by atoms with van der Waals surface area (Å²) in [5.74, 6) is -0.682. The number of nitroso groups, excluding NO2 is 1. The summed E-state index contributed by atoms with van der Waals surface area (Å²) in [6.07, 6.45) is 0. The smallest absolute Gasteiger partial charge is 0.263 e. The number of hydrogen-bond donors (Lipinski definition) is 0. The van der Waals surface area contributed by atoms with Crippen molar-refractivity contribution in [3.8, 4) is 0 Å². The van der Waals surface area contributed by atoms with Crippen molar-refractivity contribution in [2.45, 2.75) is 6.92 Å². The third kappa shape index (κ3) is 1.11. The van der Waals surface area contributed by atoms with Gasteiger partial charge in [0.15, 0.2) is 0 Å². The Hall–Kier alpha value is -1.03. The molecule has 1 aromatic rings. The molecule has 0 aliphatic rings. The Balaban J connectivity index is 3.04. The van der Waals surface area contributed by atoms with Gasteiger partial charge in [-0.1, -0.05) is 0 Å². The van der Waals surface area contributed by atoms with Crippen LogP contribution in [0.25, 0.3) is 0 Å². The minimum absolute atomic E-state index is 0.417. The first-order valence-corrected chi connectivity index (χ1v) is 3.55. The standard InChI is InChI=1S/C6H5NO2S/c1-4-5(2-3-10-4)6(8)7-9/h2-3H,1H3. The zero-order valence-electron chi connectivity index (χ0n) is 5.33. The maximum absolute atomic E-state index is 10.6. The van der Waals surface area contributed by atoms with E-state index in [2.05, 4.69) is 5.18 Å². The fraction of sp³-hybridized carbons (Fsp3) is 0.167. The summed E-state index contributed by atoms with van der Waals surface area (Å²) >= 11 is 1.43. The van der Waals surface area contributed by atoms with Crippen LogP contribution in [-0.2, 0) is 0 Å². The third-order valence-corrected chi connectivity index (χ3v) is 2.02. The molecule has 0 atom stereocenters. The van der Waals surface area contributed by atoms with Gasteiger partial charge in [0.25, 0.3) is 0 Å². The second kappa shape index (κ2) is 2.70. The molecule has 0 aromatic carbocycles. The minimum atomic E-state index is -0.682. The molecule has 1 aromatic heterocycles. The van der Waals surface area contributed by atoms with Gasteiger partial charge in [0, 0.05) is 10.1 Å². The van der Waals surface area contributed by atoms with Crippen LogP contribution in [0.1, 0.15) is 15.2 Å². The Labute approximate surface area is 61.7 Å². The fourth-order valence-electron chi connectivity index (χ4n) is 0.656. The van der Waals surface area contributed by atoms with E-state index in [0.717, 1.165) is 4.88 Å². The molecule has 0 N–H and O–H groups in total. The fourth-order valence-corrected chi connectivity index (χ4v) is 1.35. The summed E-state index contributed by atoms with van der Waals surface area (Å²) in [4.78, 5) is 21.2. The van der Waals surface area contributed by atoms with Crippen molar-refractivity contribution in [2.24, 2.45) is 5.18 Å². The number of carbonyl (C=O) groups excluding carboxylic acids is 1. The van der Waals surface area contributed by atoms with Crippen LogP contribution < -0.4 is 0 Å². The van der Waals surface area contributed by atoms with Gasteiger partial charge in [0.2, 0.25) is 0 Å². The number of aryl methyl sites for hydroxylation is 1. The van der Waals surface area contributed by atoms with Gasteiger partial charge in [-0.3, -0.25) is 4.79 Å². The zero-order valence-corrected chi connectivity index (χ0v) is 6.14. The van der Waals surface area contributed by atoms with Gasteiger partial charge in [-0.05, 0) is 18.4 Å². The molecule has 0 bridgehead atoms. The molecule has 0 saturated heterocycles. The number of rotatable bonds is 1. The second-order valence-electron chi connectivity index (χ2n) is 1.79. The molecule has 1 amide bonds. The Morgan fingerprint density at radius 1 is 1.70 bits per heavy atom. The van der Waals surface area contributed by atoms with Gasteiger partial charge in [-0.15, -0.1) is 16.2 Å². The van der Waals surface area contributed by atoms with Crippen molar-refractivity contribution in [1.29, 1.82) is 0 Å². The lowest BCUT2D eigenvalue weighted by atomic mass is 10.3. The maximum Gasteiger partial charge on any atom is 0.317 e. The maximum atomic E-state index is 10.6. The minimum Gasteiger partial charge on any atom is -0.263 e. The molecule has 0 unspecified atom stereocenters. The van der Waals surface area contributed by atoms with Crippen molar-refractivity contribution in [3.63, 3.8) is 0 Å². The molecule has 10 heavy (non-hydrogen) atoms. The van der Waals surface area contributed by atoms with E-state index in [0.29, 0.717) is 5.56 Å². The molecule has 0 saturated carbocycles.